The van der Waals surface area contributed by atoms with Crippen LogP contribution in [0.4, 0.5) is 10.5 Å². The van der Waals surface area contributed by atoms with Gasteiger partial charge in [-0.1, -0.05) is 29.8 Å². The Kier molecular flexibility index (Phi) is 3.98. The van der Waals surface area contributed by atoms with Crippen LogP contribution in [0.3, 0.4) is 0 Å². The maximum atomic E-state index is 13.0. The number of carbonyl (C=O) groups excluding carboxylic acids is 1. The third-order valence-electron chi connectivity index (χ3n) is 4.75. The fourth-order valence-corrected chi connectivity index (χ4v) is 3.92. The molecule has 2 aromatic carbocycles. The van der Waals surface area contributed by atoms with Gasteiger partial charge < -0.3 is 0 Å². The predicted molar refractivity (Wildman–Crippen MR) is 98.0 cm³/mol. The molecule has 2 saturated heterocycles. The van der Waals surface area contributed by atoms with Crippen LogP contribution in [0, 0.1) is 6.92 Å². The molecule has 5 heteroatoms. The number of nitrogens with zero attached hydrogens (tertiary/aromatic N) is 3. The third-order valence-corrected chi connectivity index (χ3v) is 5.49. The summed E-state index contributed by atoms with van der Waals surface area (Å²) in [5.41, 5.74) is 3.35. The topological polar surface area (TPSA) is 26.8 Å². The molecule has 24 heavy (non-hydrogen) atoms. The molecule has 2 fully saturated rings. The Morgan fingerprint density at radius 3 is 2.38 bits per heavy atom. The fourth-order valence-electron chi connectivity index (χ4n) is 3.51. The van der Waals surface area contributed by atoms with Gasteiger partial charge in [-0.15, -0.1) is 11.8 Å². The van der Waals surface area contributed by atoms with Gasteiger partial charge in [0, 0.05) is 23.7 Å². The predicted octanol–water partition coefficient (Wildman–Crippen LogP) is 4.28. The smallest absolute Gasteiger partial charge is 0.271 e. The zero-order chi connectivity index (χ0) is 16.7. The lowest BCUT2D eigenvalue weighted by Crippen LogP contribution is -2.32. The molecular formula is C19H21N3OS. The van der Waals surface area contributed by atoms with Crippen molar-refractivity contribution in [3.8, 4) is 0 Å². The summed E-state index contributed by atoms with van der Waals surface area (Å²) in [5.74, 6) is 0. The van der Waals surface area contributed by atoms with Crippen molar-refractivity contribution in [2.75, 3.05) is 24.2 Å². The van der Waals surface area contributed by atoms with Crippen LogP contribution in [0.5, 0.6) is 0 Å². The Morgan fingerprint density at radius 1 is 1.00 bits per heavy atom. The number of thioether (sulfide) groups is 1. The number of urea groups is 1. The largest absolute Gasteiger partial charge is 0.340 e. The van der Waals surface area contributed by atoms with Gasteiger partial charge in [0.1, 0.15) is 6.17 Å². The lowest BCUT2D eigenvalue weighted by molar-refractivity contribution is 0.0728. The highest BCUT2D eigenvalue weighted by atomic mass is 32.2. The summed E-state index contributed by atoms with van der Waals surface area (Å²) < 4.78 is 0. The highest BCUT2D eigenvalue weighted by Gasteiger charge is 2.47. The number of amides is 2. The number of fused-ring (bicyclic) bond motifs is 1. The molecule has 2 amide bonds. The molecule has 124 valence electrons. The van der Waals surface area contributed by atoms with Gasteiger partial charge in [0.2, 0.25) is 0 Å². The SMILES string of the molecule is CSc1ccc(N2C(=O)N3CCCN3[C@@H]2c2ccc(C)cc2)cc1. The molecule has 0 radical (unpaired) electrons. The molecule has 2 aromatic rings. The summed E-state index contributed by atoms with van der Waals surface area (Å²) >= 11 is 1.71. The van der Waals surface area contributed by atoms with E-state index in [9.17, 15) is 4.79 Å². The molecule has 4 nitrogen and oxygen atoms in total. The first-order chi connectivity index (χ1) is 11.7. The van der Waals surface area contributed by atoms with Crippen LogP contribution in [0.2, 0.25) is 0 Å². The summed E-state index contributed by atoms with van der Waals surface area (Å²) in [7, 11) is 0. The molecule has 2 aliphatic heterocycles. The van der Waals surface area contributed by atoms with E-state index in [0.717, 1.165) is 30.8 Å². The summed E-state index contributed by atoms with van der Waals surface area (Å²) in [6.45, 7) is 3.81. The number of hydrogen-bond acceptors (Lipinski definition) is 3. The lowest BCUT2D eigenvalue weighted by atomic mass is 10.1. The first-order valence-electron chi connectivity index (χ1n) is 8.27. The van der Waals surface area contributed by atoms with Crippen LogP contribution >= 0.6 is 11.8 Å². The fraction of sp³-hybridized carbons (Fsp3) is 0.316. The minimum absolute atomic E-state index is 0.0549. The second-order valence-electron chi connectivity index (χ2n) is 6.27. The van der Waals surface area contributed by atoms with E-state index < -0.39 is 0 Å². The minimum Gasteiger partial charge on any atom is -0.271 e. The molecule has 0 bridgehead atoms. The van der Waals surface area contributed by atoms with Crippen molar-refractivity contribution in [3.05, 3.63) is 59.7 Å². The third kappa shape index (κ3) is 2.48. The molecular weight excluding hydrogens is 318 g/mol. The Labute approximate surface area is 147 Å². The van der Waals surface area contributed by atoms with Crippen molar-refractivity contribution < 1.29 is 4.79 Å². The van der Waals surface area contributed by atoms with Gasteiger partial charge in [-0.25, -0.2) is 4.79 Å². The van der Waals surface area contributed by atoms with Crippen LogP contribution in [0.1, 0.15) is 23.7 Å². The van der Waals surface area contributed by atoms with Gasteiger partial charge in [-0.2, -0.15) is 5.01 Å². The zero-order valence-corrected chi connectivity index (χ0v) is 14.8. The molecule has 1 atom stereocenters. The van der Waals surface area contributed by atoms with Crippen molar-refractivity contribution >= 4 is 23.5 Å². The average molecular weight is 339 g/mol. The van der Waals surface area contributed by atoms with Gasteiger partial charge >= 0.3 is 6.03 Å². The zero-order valence-electron chi connectivity index (χ0n) is 14.0. The molecule has 0 saturated carbocycles. The molecule has 0 N–H and O–H groups in total. The normalized spacial score (nSPS) is 20.8. The summed E-state index contributed by atoms with van der Waals surface area (Å²) in [5, 5.41) is 4.10. The molecule has 0 spiro atoms. The van der Waals surface area contributed by atoms with E-state index in [0.29, 0.717) is 0 Å². The minimum atomic E-state index is -0.0549. The van der Waals surface area contributed by atoms with E-state index in [1.165, 1.54) is 10.5 Å². The van der Waals surface area contributed by atoms with E-state index in [-0.39, 0.29) is 12.2 Å². The van der Waals surface area contributed by atoms with Gasteiger partial charge in [-0.3, -0.25) is 9.91 Å². The molecule has 0 aromatic heterocycles. The summed E-state index contributed by atoms with van der Waals surface area (Å²) in [4.78, 5) is 16.1. The molecule has 2 heterocycles. The quantitative estimate of drug-likeness (QED) is 0.781. The van der Waals surface area contributed by atoms with Crippen LogP contribution in [-0.2, 0) is 0 Å². The van der Waals surface area contributed by atoms with E-state index in [2.05, 4.69) is 54.6 Å². The summed E-state index contributed by atoms with van der Waals surface area (Å²) in [6.07, 6.45) is 3.04. The second kappa shape index (κ2) is 6.15. The van der Waals surface area contributed by atoms with E-state index in [1.54, 1.807) is 11.8 Å². The van der Waals surface area contributed by atoms with Crippen LogP contribution in [0.15, 0.2) is 53.4 Å². The highest BCUT2D eigenvalue weighted by Crippen LogP contribution is 2.40. The number of hydrogen-bond donors (Lipinski definition) is 0. The maximum absolute atomic E-state index is 13.0. The van der Waals surface area contributed by atoms with Crippen molar-refractivity contribution in [1.29, 1.82) is 0 Å². The monoisotopic (exact) mass is 339 g/mol. The molecule has 0 aliphatic carbocycles. The molecule has 2 aliphatic rings. The van der Waals surface area contributed by atoms with E-state index >= 15 is 0 Å². The van der Waals surface area contributed by atoms with Gasteiger partial charge in [0.15, 0.2) is 0 Å². The Morgan fingerprint density at radius 2 is 1.71 bits per heavy atom. The number of aryl methyl sites for hydroxylation is 1. The van der Waals surface area contributed by atoms with Crippen LogP contribution in [-0.4, -0.2) is 35.4 Å². The van der Waals surface area contributed by atoms with Crippen molar-refractivity contribution in [1.82, 2.24) is 10.0 Å². The standard InChI is InChI=1S/C19H21N3OS/c1-14-4-6-15(7-5-14)18-20-12-3-13-21(20)19(23)22(18)16-8-10-17(24-2)11-9-16/h4-11,18H,3,12-13H2,1-2H3/t18-/m0/s1. The number of rotatable bonds is 3. The number of carbonyl (C=O) groups is 1. The van der Waals surface area contributed by atoms with Crippen molar-refractivity contribution in [2.45, 2.75) is 24.4 Å². The molecule has 0 unspecified atom stereocenters. The number of anilines is 1. The van der Waals surface area contributed by atoms with E-state index in [1.807, 2.05) is 22.0 Å². The first-order valence-corrected chi connectivity index (χ1v) is 9.49. The Hall–Kier alpha value is -1.98. The van der Waals surface area contributed by atoms with Crippen molar-refractivity contribution in [3.63, 3.8) is 0 Å². The second-order valence-corrected chi connectivity index (χ2v) is 7.15. The van der Waals surface area contributed by atoms with Gasteiger partial charge in [0.25, 0.3) is 0 Å². The number of hydrazine groups is 1. The van der Waals surface area contributed by atoms with Crippen molar-refractivity contribution in [2.24, 2.45) is 0 Å². The first kappa shape index (κ1) is 15.5. The lowest BCUT2D eigenvalue weighted by Gasteiger charge is -2.28. The van der Waals surface area contributed by atoms with Gasteiger partial charge in [0.05, 0.1) is 0 Å². The Bertz CT molecular complexity index is 744. The van der Waals surface area contributed by atoms with Crippen LogP contribution in [0.25, 0.3) is 0 Å². The Balaban J connectivity index is 1.76. The van der Waals surface area contributed by atoms with Crippen LogP contribution < -0.4 is 4.90 Å². The van der Waals surface area contributed by atoms with Gasteiger partial charge in [-0.05, 0) is 49.4 Å². The highest BCUT2D eigenvalue weighted by molar-refractivity contribution is 7.98. The van der Waals surface area contributed by atoms with E-state index in [4.69, 9.17) is 0 Å². The maximum Gasteiger partial charge on any atom is 0.340 e. The summed E-state index contributed by atoms with van der Waals surface area (Å²) in [6, 6.07) is 16.9. The molecule has 4 rings (SSSR count). The number of benzene rings is 2. The average Bonchev–Trinajstić information content (AvgIpc) is 3.18.